The summed E-state index contributed by atoms with van der Waals surface area (Å²) < 4.78 is 5.43. The molecule has 88 valence electrons. The highest BCUT2D eigenvalue weighted by molar-refractivity contribution is 5.76. The van der Waals surface area contributed by atoms with Crippen molar-refractivity contribution < 1.29 is 9.53 Å². The van der Waals surface area contributed by atoms with Crippen molar-refractivity contribution in [3.05, 3.63) is 0 Å². The summed E-state index contributed by atoms with van der Waals surface area (Å²) in [6, 6.07) is 0.327. The van der Waals surface area contributed by atoms with Crippen LogP contribution in [-0.2, 0) is 9.53 Å². The molecule has 1 amide bonds. The van der Waals surface area contributed by atoms with Crippen molar-refractivity contribution in [2.75, 3.05) is 19.8 Å². The molecule has 1 atom stereocenters. The Kier molecular flexibility index (Phi) is 5.69. The van der Waals surface area contributed by atoms with E-state index in [-0.39, 0.29) is 0 Å². The van der Waals surface area contributed by atoms with Crippen molar-refractivity contribution in [3.63, 3.8) is 0 Å². The van der Waals surface area contributed by atoms with E-state index >= 15 is 0 Å². The van der Waals surface area contributed by atoms with Crippen LogP contribution in [-0.4, -0.2) is 36.6 Å². The first-order chi connectivity index (χ1) is 7.29. The lowest BCUT2D eigenvalue weighted by molar-refractivity contribution is -0.140. The third-order valence-corrected chi connectivity index (χ3v) is 2.91. The highest BCUT2D eigenvalue weighted by Crippen LogP contribution is 2.14. The van der Waals surface area contributed by atoms with Gasteiger partial charge in [0.1, 0.15) is 0 Å². The second-order valence-corrected chi connectivity index (χ2v) is 4.21. The molecule has 1 aliphatic rings. The molecule has 1 heterocycles. The number of ether oxygens (including phenoxy) is 1. The average molecular weight is 213 g/mol. The summed E-state index contributed by atoms with van der Waals surface area (Å²) in [5.74, 6) is 0.318. The molecule has 0 aromatic carbocycles. The molecule has 0 aromatic heterocycles. The van der Waals surface area contributed by atoms with E-state index in [0.717, 1.165) is 38.8 Å². The number of carbonyl (C=O) groups excluding carboxylic acids is 1. The smallest absolute Gasteiger partial charge is 0.222 e. The fourth-order valence-corrected chi connectivity index (χ4v) is 2.03. The Morgan fingerprint density at radius 1 is 1.40 bits per heavy atom. The maximum absolute atomic E-state index is 11.9. The summed E-state index contributed by atoms with van der Waals surface area (Å²) in [6.45, 7) is 6.50. The van der Waals surface area contributed by atoms with Gasteiger partial charge in [-0.05, 0) is 12.8 Å². The number of hydrogen-bond acceptors (Lipinski definition) is 2. The van der Waals surface area contributed by atoms with Gasteiger partial charge in [-0.2, -0.15) is 0 Å². The lowest BCUT2D eigenvalue weighted by Crippen LogP contribution is -2.48. The maximum atomic E-state index is 11.9. The van der Waals surface area contributed by atoms with Gasteiger partial charge in [-0.3, -0.25) is 4.79 Å². The number of rotatable bonds is 5. The van der Waals surface area contributed by atoms with Gasteiger partial charge in [-0.15, -0.1) is 0 Å². The molecule has 0 N–H and O–H groups in total. The van der Waals surface area contributed by atoms with Gasteiger partial charge in [0.25, 0.3) is 0 Å². The third kappa shape index (κ3) is 3.82. The number of hydrogen-bond donors (Lipinski definition) is 0. The van der Waals surface area contributed by atoms with Crippen LogP contribution in [0.25, 0.3) is 0 Å². The monoisotopic (exact) mass is 213 g/mol. The Labute approximate surface area is 92.8 Å². The summed E-state index contributed by atoms with van der Waals surface area (Å²) in [5, 5.41) is 0. The highest BCUT2D eigenvalue weighted by Gasteiger charge is 2.25. The predicted octanol–water partition coefficient (Wildman–Crippen LogP) is 2.20. The molecule has 0 aromatic rings. The molecule has 1 aliphatic heterocycles. The first kappa shape index (κ1) is 12.5. The van der Waals surface area contributed by atoms with Crippen molar-refractivity contribution >= 4 is 5.91 Å². The number of amides is 1. The van der Waals surface area contributed by atoms with E-state index in [1.807, 2.05) is 4.90 Å². The molecule has 0 spiro atoms. The first-order valence-electron chi connectivity index (χ1n) is 6.16. The zero-order chi connectivity index (χ0) is 11.1. The third-order valence-electron chi connectivity index (χ3n) is 2.91. The summed E-state index contributed by atoms with van der Waals surface area (Å²) in [6.07, 6.45) is 4.99. The predicted molar refractivity (Wildman–Crippen MR) is 60.8 cm³/mol. The lowest BCUT2D eigenvalue weighted by atomic mass is 10.1. The number of carbonyl (C=O) groups is 1. The first-order valence-corrected chi connectivity index (χ1v) is 6.16. The quantitative estimate of drug-likeness (QED) is 0.700. The van der Waals surface area contributed by atoms with Crippen molar-refractivity contribution in [3.8, 4) is 0 Å². The second-order valence-electron chi connectivity index (χ2n) is 4.21. The lowest BCUT2D eigenvalue weighted by Gasteiger charge is -2.35. The van der Waals surface area contributed by atoms with Gasteiger partial charge < -0.3 is 9.64 Å². The zero-order valence-corrected chi connectivity index (χ0v) is 10.00. The minimum atomic E-state index is 0.318. The summed E-state index contributed by atoms with van der Waals surface area (Å²) in [7, 11) is 0. The van der Waals surface area contributed by atoms with E-state index in [0.29, 0.717) is 25.0 Å². The Balaban J connectivity index is 2.43. The Bertz CT molecular complexity index is 192. The number of unbranched alkanes of at least 4 members (excludes halogenated alkanes) is 1. The Hall–Kier alpha value is -0.570. The standard InChI is InChI=1S/C12H23NO2/c1-3-5-7-12(14)13-8-9-15-10-11(13)6-4-2/h11H,3-10H2,1-2H3. The van der Waals surface area contributed by atoms with E-state index in [9.17, 15) is 4.79 Å². The maximum Gasteiger partial charge on any atom is 0.222 e. The van der Waals surface area contributed by atoms with Crippen molar-refractivity contribution in [2.24, 2.45) is 0 Å². The second kappa shape index (κ2) is 6.83. The van der Waals surface area contributed by atoms with Gasteiger partial charge in [0, 0.05) is 13.0 Å². The molecular formula is C12H23NO2. The molecule has 15 heavy (non-hydrogen) atoms. The van der Waals surface area contributed by atoms with Gasteiger partial charge in [0.05, 0.1) is 19.3 Å². The van der Waals surface area contributed by atoms with Gasteiger partial charge in [0.15, 0.2) is 0 Å². The average Bonchev–Trinajstić information content (AvgIpc) is 2.27. The normalized spacial score (nSPS) is 21.7. The molecular weight excluding hydrogens is 190 g/mol. The topological polar surface area (TPSA) is 29.5 Å². The van der Waals surface area contributed by atoms with Gasteiger partial charge in [-0.1, -0.05) is 26.7 Å². The number of morpholine rings is 1. The van der Waals surface area contributed by atoms with Crippen LogP contribution in [0.15, 0.2) is 0 Å². The molecule has 0 radical (unpaired) electrons. The fraction of sp³-hybridized carbons (Fsp3) is 0.917. The van der Waals surface area contributed by atoms with Crippen LogP contribution in [0.5, 0.6) is 0 Å². The van der Waals surface area contributed by atoms with Crippen LogP contribution in [0, 0.1) is 0 Å². The van der Waals surface area contributed by atoms with Crippen molar-refractivity contribution in [2.45, 2.75) is 52.0 Å². The molecule has 1 rings (SSSR count). The van der Waals surface area contributed by atoms with Crippen molar-refractivity contribution in [1.82, 2.24) is 4.90 Å². The Morgan fingerprint density at radius 3 is 2.87 bits per heavy atom. The van der Waals surface area contributed by atoms with Crippen LogP contribution in [0.1, 0.15) is 46.0 Å². The van der Waals surface area contributed by atoms with Crippen LogP contribution in [0.4, 0.5) is 0 Å². The molecule has 3 nitrogen and oxygen atoms in total. The van der Waals surface area contributed by atoms with Gasteiger partial charge in [-0.25, -0.2) is 0 Å². The van der Waals surface area contributed by atoms with Crippen LogP contribution >= 0.6 is 0 Å². The highest BCUT2D eigenvalue weighted by atomic mass is 16.5. The van der Waals surface area contributed by atoms with Crippen molar-refractivity contribution in [1.29, 1.82) is 0 Å². The molecule has 3 heteroatoms. The molecule has 0 aliphatic carbocycles. The molecule has 0 bridgehead atoms. The fourth-order valence-electron chi connectivity index (χ4n) is 2.03. The largest absolute Gasteiger partial charge is 0.377 e. The minimum Gasteiger partial charge on any atom is -0.377 e. The van der Waals surface area contributed by atoms with Crippen LogP contribution < -0.4 is 0 Å². The van der Waals surface area contributed by atoms with E-state index in [1.54, 1.807) is 0 Å². The summed E-state index contributed by atoms with van der Waals surface area (Å²) in [4.78, 5) is 13.9. The summed E-state index contributed by atoms with van der Waals surface area (Å²) >= 11 is 0. The van der Waals surface area contributed by atoms with E-state index < -0.39 is 0 Å². The molecule has 1 fully saturated rings. The Morgan fingerprint density at radius 2 is 2.20 bits per heavy atom. The SMILES string of the molecule is CCCCC(=O)N1CCOCC1CCC. The molecule has 0 saturated carbocycles. The minimum absolute atomic E-state index is 0.318. The van der Waals surface area contributed by atoms with Gasteiger partial charge >= 0.3 is 0 Å². The van der Waals surface area contributed by atoms with E-state index in [4.69, 9.17) is 4.74 Å². The number of nitrogens with zero attached hydrogens (tertiary/aromatic N) is 1. The van der Waals surface area contributed by atoms with Gasteiger partial charge in [0.2, 0.25) is 5.91 Å². The molecule has 1 saturated heterocycles. The van der Waals surface area contributed by atoms with E-state index in [1.165, 1.54) is 0 Å². The summed E-state index contributed by atoms with van der Waals surface area (Å²) in [5.41, 5.74) is 0. The van der Waals surface area contributed by atoms with E-state index in [2.05, 4.69) is 13.8 Å². The van der Waals surface area contributed by atoms with Crippen LogP contribution in [0.2, 0.25) is 0 Å². The molecule has 1 unspecified atom stereocenters. The van der Waals surface area contributed by atoms with Crippen LogP contribution in [0.3, 0.4) is 0 Å². The zero-order valence-electron chi connectivity index (χ0n) is 10.00.